The minimum Gasteiger partial charge on any atom is -0.497 e. The van der Waals surface area contributed by atoms with Crippen molar-refractivity contribution in [3.8, 4) is 5.75 Å². The molecule has 0 amide bonds. The van der Waals surface area contributed by atoms with Crippen molar-refractivity contribution in [2.45, 2.75) is 12.9 Å². The molecule has 3 rings (SSSR count). The van der Waals surface area contributed by atoms with Crippen LogP contribution in [0.15, 0.2) is 35.9 Å². The molecule has 2 heterocycles. The van der Waals surface area contributed by atoms with E-state index in [0.717, 1.165) is 17.0 Å². The molecule has 1 aromatic carbocycles. The number of carbonyl (C=O) groups excluding carboxylic acids is 2. The molecule has 1 unspecified atom stereocenters. The zero-order valence-electron chi connectivity index (χ0n) is 15.0. The molecule has 0 aliphatic carbocycles. The number of nitrogens with zero attached hydrogens (tertiary/aromatic N) is 2. The molecule has 1 fully saturated rings. The first kappa shape index (κ1) is 18.3. The number of anilines is 1. The smallest absolute Gasteiger partial charge is 0.497 e. The molecular formula is C17H21BN2O6. The Hall–Kier alpha value is -2.52. The lowest BCUT2D eigenvalue weighted by Gasteiger charge is -2.34. The molecule has 9 heteroatoms. The highest BCUT2D eigenvalue weighted by atomic mass is 16.7. The van der Waals surface area contributed by atoms with Crippen LogP contribution >= 0.6 is 0 Å². The Labute approximate surface area is 152 Å². The SMILES string of the molecule is COc1ccc(N2CC(C)=CC(B3OC(=O)CN(C)CC(=O)O3)O2)cc1. The summed E-state index contributed by atoms with van der Waals surface area (Å²) in [6, 6.07) is 6.65. The molecule has 0 saturated carbocycles. The number of carbonyl (C=O) groups is 2. The van der Waals surface area contributed by atoms with E-state index in [4.69, 9.17) is 18.9 Å². The highest BCUT2D eigenvalue weighted by Gasteiger charge is 2.42. The van der Waals surface area contributed by atoms with E-state index < -0.39 is 25.1 Å². The Bertz CT molecular complexity index is 688. The van der Waals surface area contributed by atoms with Gasteiger partial charge in [0.25, 0.3) is 0 Å². The normalized spacial score (nSPS) is 22.1. The Kier molecular flexibility index (Phi) is 5.48. The minimum atomic E-state index is -1.13. The topological polar surface area (TPSA) is 77.5 Å². The van der Waals surface area contributed by atoms with Gasteiger partial charge in [-0.1, -0.05) is 11.6 Å². The van der Waals surface area contributed by atoms with E-state index in [0.29, 0.717) is 6.54 Å². The van der Waals surface area contributed by atoms with Gasteiger partial charge in [-0.05, 0) is 38.2 Å². The monoisotopic (exact) mass is 360 g/mol. The fourth-order valence-corrected chi connectivity index (χ4v) is 2.79. The predicted octanol–water partition coefficient (Wildman–Crippen LogP) is 0.821. The van der Waals surface area contributed by atoms with Crippen LogP contribution in [0.1, 0.15) is 6.92 Å². The number of hydrogen-bond acceptors (Lipinski definition) is 8. The predicted molar refractivity (Wildman–Crippen MR) is 94.4 cm³/mol. The summed E-state index contributed by atoms with van der Waals surface area (Å²) in [4.78, 5) is 31.4. The summed E-state index contributed by atoms with van der Waals surface area (Å²) in [7, 11) is 2.12. The van der Waals surface area contributed by atoms with Crippen molar-refractivity contribution >= 4 is 24.7 Å². The van der Waals surface area contributed by atoms with Crippen LogP contribution in [0.3, 0.4) is 0 Å². The molecular weight excluding hydrogens is 339 g/mol. The van der Waals surface area contributed by atoms with Gasteiger partial charge in [0.05, 0.1) is 32.4 Å². The number of methoxy groups -OCH3 is 1. The van der Waals surface area contributed by atoms with Gasteiger partial charge in [-0.3, -0.25) is 19.3 Å². The zero-order chi connectivity index (χ0) is 18.7. The number of hydroxylamine groups is 1. The van der Waals surface area contributed by atoms with Crippen LogP contribution in [0.25, 0.3) is 0 Å². The first-order valence-corrected chi connectivity index (χ1v) is 8.28. The standard InChI is InChI=1S/C17H21BN2O6/c1-12-8-15(18-24-16(21)10-19(2)11-17(22)25-18)26-20(9-12)13-4-6-14(23-3)7-5-13/h4-8,15H,9-11H2,1-3H3. The number of ether oxygens (including phenoxy) is 1. The quantitative estimate of drug-likeness (QED) is 0.579. The van der Waals surface area contributed by atoms with Crippen LogP contribution in [0.2, 0.25) is 0 Å². The van der Waals surface area contributed by atoms with Crippen LogP contribution in [0.5, 0.6) is 5.75 Å². The fraction of sp³-hybridized carbons (Fsp3) is 0.412. The molecule has 0 spiro atoms. The summed E-state index contributed by atoms with van der Waals surface area (Å²) in [5, 5.41) is 1.67. The van der Waals surface area contributed by atoms with E-state index in [9.17, 15) is 9.59 Å². The molecule has 0 bridgehead atoms. The number of benzene rings is 1. The average Bonchev–Trinajstić information content (AvgIpc) is 2.59. The maximum absolute atomic E-state index is 12.0. The van der Waals surface area contributed by atoms with Gasteiger partial charge in [0.1, 0.15) is 5.75 Å². The minimum absolute atomic E-state index is 0.0171. The lowest BCUT2D eigenvalue weighted by atomic mass is 9.79. The number of likely N-dealkylation sites (N-methyl/N-ethyl adjacent to an activating group) is 1. The van der Waals surface area contributed by atoms with Crippen LogP contribution in [-0.4, -0.2) is 63.8 Å². The summed E-state index contributed by atoms with van der Waals surface area (Å²) < 4.78 is 15.8. The van der Waals surface area contributed by atoms with Crippen molar-refractivity contribution in [2.75, 3.05) is 38.9 Å². The fourth-order valence-electron chi connectivity index (χ4n) is 2.79. The first-order chi connectivity index (χ1) is 12.4. The highest BCUT2D eigenvalue weighted by molar-refractivity contribution is 6.51. The Morgan fingerprint density at radius 3 is 2.27 bits per heavy atom. The summed E-state index contributed by atoms with van der Waals surface area (Å²) in [5.41, 5.74) is 1.81. The molecule has 2 aliphatic rings. The van der Waals surface area contributed by atoms with Crippen molar-refractivity contribution in [3.05, 3.63) is 35.9 Å². The van der Waals surface area contributed by atoms with Gasteiger partial charge in [0.15, 0.2) is 6.00 Å². The van der Waals surface area contributed by atoms with Crippen molar-refractivity contribution in [1.29, 1.82) is 0 Å². The number of hydrogen-bond donors (Lipinski definition) is 0. The third-order valence-corrected chi connectivity index (χ3v) is 4.01. The van der Waals surface area contributed by atoms with Crippen LogP contribution in [-0.2, 0) is 23.7 Å². The molecule has 138 valence electrons. The average molecular weight is 360 g/mol. The van der Waals surface area contributed by atoms with Crippen LogP contribution < -0.4 is 9.80 Å². The summed E-state index contributed by atoms with van der Waals surface area (Å²) in [6.07, 6.45) is 1.80. The van der Waals surface area contributed by atoms with Gasteiger partial charge in [-0.25, -0.2) is 5.06 Å². The Morgan fingerprint density at radius 1 is 1.08 bits per heavy atom. The second kappa shape index (κ2) is 7.80. The van der Waals surface area contributed by atoms with Gasteiger partial charge >= 0.3 is 19.1 Å². The van der Waals surface area contributed by atoms with E-state index in [1.165, 1.54) is 4.90 Å². The van der Waals surface area contributed by atoms with Gasteiger partial charge in [0, 0.05) is 0 Å². The Morgan fingerprint density at radius 2 is 1.69 bits per heavy atom. The summed E-state index contributed by atoms with van der Waals surface area (Å²) in [5.74, 6) is -0.205. The maximum atomic E-state index is 12.0. The van der Waals surface area contributed by atoms with Crippen LogP contribution in [0.4, 0.5) is 5.69 Å². The van der Waals surface area contributed by atoms with E-state index in [1.54, 1.807) is 25.3 Å². The first-order valence-electron chi connectivity index (χ1n) is 8.28. The van der Waals surface area contributed by atoms with Gasteiger partial charge in [-0.2, -0.15) is 0 Å². The lowest BCUT2D eigenvalue weighted by molar-refractivity contribution is -0.147. The Balaban J connectivity index is 1.76. The molecule has 1 atom stereocenters. The van der Waals surface area contributed by atoms with Crippen LogP contribution in [0, 0.1) is 0 Å². The highest BCUT2D eigenvalue weighted by Crippen LogP contribution is 2.25. The molecule has 1 saturated heterocycles. The zero-order valence-corrected chi connectivity index (χ0v) is 15.0. The second-order valence-electron chi connectivity index (χ2n) is 6.34. The third kappa shape index (κ3) is 4.36. The lowest BCUT2D eigenvalue weighted by Crippen LogP contribution is -2.51. The summed E-state index contributed by atoms with van der Waals surface area (Å²) in [6.45, 7) is 2.51. The van der Waals surface area contributed by atoms with E-state index >= 15 is 0 Å². The van der Waals surface area contributed by atoms with Crippen molar-refractivity contribution in [2.24, 2.45) is 0 Å². The third-order valence-electron chi connectivity index (χ3n) is 4.01. The molecule has 0 N–H and O–H groups in total. The number of rotatable bonds is 3. The molecule has 1 aromatic rings. The van der Waals surface area contributed by atoms with Crippen molar-refractivity contribution in [3.63, 3.8) is 0 Å². The molecule has 26 heavy (non-hydrogen) atoms. The maximum Gasteiger partial charge on any atom is 0.636 e. The molecule has 0 aromatic heterocycles. The van der Waals surface area contributed by atoms with E-state index in [1.807, 2.05) is 31.2 Å². The molecule has 0 radical (unpaired) electrons. The molecule has 2 aliphatic heterocycles. The van der Waals surface area contributed by atoms with Gasteiger partial charge < -0.3 is 14.0 Å². The largest absolute Gasteiger partial charge is 0.636 e. The van der Waals surface area contributed by atoms with E-state index in [2.05, 4.69) is 0 Å². The second-order valence-corrected chi connectivity index (χ2v) is 6.34. The van der Waals surface area contributed by atoms with E-state index in [-0.39, 0.29) is 13.1 Å². The van der Waals surface area contributed by atoms with Gasteiger partial charge in [-0.15, -0.1) is 0 Å². The van der Waals surface area contributed by atoms with Crippen molar-refractivity contribution in [1.82, 2.24) is 4.90 Å². The molecule has 8 nitrogen and oxygen atoms in total. The summed E-state index contributed by atoms with van der Waals surface area (Å²) >= 11 is 0. The van der Waals surface area contributed by atoms with Crippen molar-refractivity contribution < 1.29 is 28.5 Å². The van der Waals surface area contributed by atoms with Gasteiger partial charge in [0.2, 0.25) is 0 Å².